The van der Waals surface area contributed by atoms with E-state index in [1.54, 1.807) is 11.3 Å². The zero-order chi connectivity index (χ0) is 20.4. The van der Waals surface area contributed by atoms with E-state index in [0.29, 0.717) is 5.57 Å². The molecule has 1 aromatic carbocycles. The first-order valence-electron chi connectivity index (χ1n) is 9.58. The van der Waals surface area contributed by atoms with Crippen LogP contribution >= 0.6 is 27.3 Å². The number of carbonyl (C=O) groups excluding carboxylic acids is 2. The molecule has 0 spiro atoms. The average molecular weight is 470 g/mol. The molecule has 2 aliphatic rings. The van der Waals surface area contributed by atoms with Gasteiger partial charge in [-0.15, -0.1) is 11.3 Å². The topological polar surface area (TPSA) is 54.3 Å². The molecule has 4 heterocycles. The van der Waals surface area contributed by atoms with Crippen LogP contribution in [0.25, 0.3) is 10.9 Å². The van der Waals surface area contributed by atoms with E-state index in [0.717, 1.165) is 36.5 Å². The molecule has 2 amide bonds. The molecule has 0 saturated heterocycles. The Morgan fingerprint density at radius 2 is 2.07 bits per heavy atom. The highest BCUT2D eigenvalue weighted by Crippen LogP contribution is 2.48. The van der Waals surface area contributed by atoms with Crippen LogP contribution in [0.2, 0.25) is 0 Å². The molecule has 0 saturated carbocycles. The van der Waals surface area contributed by atoms with Gasteiger partial charge in [-0.05, 0) is 59.6 Å². The maximum absolute atomic E-state index is 13.3. The minimum atomic E-state index is -0.228. The first kappa shape index (κ1) is 18.6. The van der Waals surface area contributed by atoms with Crippen LogP contribution in [-0.2, 0) is 9.59 Å². The van der Waals surface area contributed by atoms with Gasteiger partial charge in [0.05, 0.1) is 27.3 Å². The van der Waals surface area contributed by atoms with Gasteiger partial charge in [-0.25, -0.2) is 0 Å². The van der Waals surface area contributed by atoms with E-state index in [1.807, 2.05) is 12.1 Å². The van der Waals surface area contributed by atoms with Gasteiger partial charge in [0.25, 0.3) is 5.91 Å². The number of imide groups is 1. The summed E-state index contributed by atoms with van der Waals surface area (Å²) in [6, 6.07) is 10.6. The average Bonchev–Trinajstić information content (AvgIpc) is 3.32. The number of hydrogen-bond donors (Lipinski definition) is 1. The van der Waals surface area contributed by atoms with Gasteiger partial charge >= 0.3 is 0 Å². The number of aromatic nitrogens is 1. The number of halogens is 1. The number of amides is 2. The number of hydrogen-bond acceptors (Lipinski definition) is 4. The predicted molar refractivity (Wildman–Crippen MR) is 119 cm³/mol. The second-order valence-corrected chi connectivity index (χ2v) is 10.3. The SMILES string of the molecule is CC(=O)N1CC2=C(C1=O)[C@H](c1ccc(Br)s1)c1cn(C(C)C)c3cccc(c13)N2. The quantitative estimate of drug-likeness (QED) is 0.557. The van der Waals surface area contributed by atoms with Crippen LogP contribution in [0, 0.1) is 0 Å². The maximum atomic E-state index is 13.3. The van der Waals surface area contributed by atoms with Gasteiger partial charge in [-0.2, -0.15) is 0 Å². The fourth-order valence-electron chi connectivity index (χ4n) is 4.44. The Labute approximate surface area is 181 Å². The third kappa shape index (κ3) is 2.71. The van der Waals surface area contributed by atoms with Crippen LogP contribution in [0.5, 0.6) is 0 Å². The lowest BCUT2D eigenvalue weighted by molar-refractivity contribution is -0.139. The number of benzene rings is 1. The van der Waals surface area contributed by atoms with E-state index in [4.69, 9.17) is 0 Å². The third-order valence-electron chi connectivity index (χ3n) is 5.70. The van der Waals surface area contributed by atoms with Crippen LogP contribution in [0.3, 0.4) is 0 Å². The number of thiophene rings is 1. The van der Waals surface area contributed by atoms with Gasteiger partial charge in [0.15, 0.2) is 0 Å². The number of carbonyl (C=O) groups is 2. The molecule has 148 valence electrons. The molecule has 2 aliphatic heterocycles. The molecule has 7 heteroatoms. The summed E-state index contributed by atoms with van der Waals surface area (Å²) in [6.45, 7) is 6.06. The molecule has 1 N–H and O–H groups in total. The van der Waals surface area contributed by atoms with Crippen LogP contribution in [-0.4, -0.2) is 27.8 Å². The molecule has 0 radical (unpaired) electrons. The van der Waals surface area contributed by atoms with Crippen LogP contribution in [0.4, 0.5) is 5.69 Å². The van der Waals surface area contributed by atoms with Crippen molar-refractivity contribution in [1.82, 2.24) is 9.47 Å². The molecule has 0 bridgehead atoms. The molecule has 1 atom stereocenters. The lowest BCUT2D eigenvalue weighted by Crippen LogP contribution is -2.33. The van der Waals surface area contributed by atoms with Crippen molar-refractivity contribution < 1.29 is 9.59 Å². The summed E-state index contributed by atoms with van der Waals surface area (Å²) in [4.78, 5) is 27.9. The molecule has 3 aromatic rings. The zero-order valence-electron chi connectivity index (χ0n) is 16.3. The van der Waals surface area contributed by atoms with Crippen molar-refractivity contribution in [2.24, 2.45) is 0 Å². The zero-order valence-corrected chi connectivity index (χ0v) is 18.7. The second-order valence-electron chi connectivity index (χ2n) is 7.79. The number of rotatable bonds is 2. The molecule has 5 rings (SSSR count). The Balaban J connectivity index is 1.82. The van der Waals surface area contributed by atoms with Crippen molar-refractivity contribution in [2.75, 3.05) is 11.9 Å². The molecule has 0 aliphatic carbocycles. The summed E-state index contributed by atoms with van der Waals surface area (Å²) in [5.41, 5.74) is 4.74. The van der Waals surface area contributed by atoms with E-state index in [2.05, 4.69) is 64.1 Å². The van der Waals surface area contributed by atoms with Crippen molar-refractivity contribution in [3.8, 4) is 0 Å². The molecular formula is C22H20BrN3O2S. The first-order valence-corrected chi connectivity index (χ1v) is 11.2. The summed E-state index contributed by atoms with van der Waals surface area (Å²) in [6.07, 6.45) is 2.18. The minimum absolute atomic E-state index is 0.201. The van der Waals surface area contributed by atoms with Crippen molar-refractivity contribution in [2.45, 2.75) is 32.7 Å². The molecular weight excluding hydrogens is 450 g/mol. The summed E-state index contributed by atoms with van der Waals surface area (Å²) in [5, 5.41) is 4.65. The Bertz CT molecular complexity index is 1220. The normalized spacial score (nSPS) is 18.4. The summed E-state index contributed by atoms with van der Waals surface area (Å²) < 4.78 is 3.28. The Hall–Kier alpha value is -2.38. The number of nitrogens with zero attached hydrogens (tertiary/aromatic N) is 2. The van der Waals surface area contributed by atoms with Gasteiger partial charge in [0.1, 0.15) is 0 Å². The summed E-state index contributed by atoms with van der Waals surface area (Å²) >= 11 is 5.20. The molecule has 0 unspecified atom stereocenters. The van der Waals surface area contributed by atoms with Crippen molar-refractivity contribution in [1.29, 1.82) is 0 Å². The van der Waals surface area contributed by atoms with Gasteiger partial charge in [0, 0.05) is 40.8 Å². The minimum Gasteiger partial charge on any atom is -0.356 e. The van der Waals surface area contributed by atoms with E-state index in [1.165, 1.54) is 11.8 Å². The lowest BCUT2D eigenvalue weighted by Gasteiger charge is -2.18. The monoisotopic (exact) mass is 469 g/mol. The standard InChI is InChI=1S/C22H20BrN3O2S/c1-11(2)25-9-13-19-14(5-4-6-16(19)25)24-15-10-26(12(3)27)22(28)21(15)20(13)17-7-8-18(23)29-17/h4-9,11,20,24H,10H2,1-3H3/t20-/m0/s1. The lowest BCUT2D eigenvalue weighted by atomic mass is 9.89. The molecule has 0 fully saturated rings. The van der Waals surface area contributed by atoms with Gasteiger partial charge in [-0.1, -0.05) is 6.07 Å². The fraction of sp³-hybridized carbons (Fsp3) is 0.273. The van der Waals surface area contributed by atoms with Crippen LogP contribution in [0.15, 0.2) is 51.6 Å². The number of nitrogens with one attached hydrogen (secondary N) is 1. The van der Waals surface area contributed by atoms with Crippen molar-refractivity contribution in [3.63, 3.8) is 0 Å². The highest BCUT2D eigenvalue weighted by molar-refractivity contribution is 9.11. The van der Waals surface area contributed by atoms with Crippen LogP contribution < -0.4 is 5.32 Å². The van der Waals surface area contributed by atoms with E-state index >= 15 is 0 Å². The molecule has 5 nitrogen and oxygen atoms in total. The van der Waals surface area contributed by atoms with Crippen molar-refractivity contribution >= 4 is 55.7 Å². The summed E-state index contributed by atoms with van der Waals surface area (Å²) in [7, 11) is 0. The van der Waals surface area contributed by atoms with Crippen LogP contribution in [0.1, 0.15) is 43.2 Å². The van der Waals surface area contributed by atoms with E-state index in [-0.39, 0.29) is 30.3 Å². The largest absolute Gasteiger partial charge is 0.356 e. The van der Waals surface area contributed by atoms with Gasteiger partial charge in [0.2, 0.25) is 5.91 Å². The second kappa shape index (κ2) is 6.57. The number of anilines is 1. The van der Waals surface area contributed by atoms with E-state index in [9.17, 15) is 9.59 Å². The fourth-order valence-corrected chi connectivity index (χ4v) is 5.99. The third-order valence-corrected chi connectivity index (χ3v) is 7.39. The van der Waals surface area contributed by atoms with Gasteiger partial charge in [-0.3, -0.25) is 14.5 Å². The first-order chi connectivity index (χ1) is 13.9. The highest BCUT2D eigenvalue weighted by atomic mass is 79.9. The summed E-state index contributed by atoms with van der Waals surface area (Å²) in [5.74, 6) is -0.640. The Kier molecular flexibility index (Phi) is 4.22. The Morgan fingerprint density at radius 3 is 2.72 bits per heavy atom. The molecule has 29 heavy (non-hydrogen) atoms. The predicted octanol–water partition coefficient (Wildman–Crippen LogP) is 5.25. The molecule has 2 aromatic heterocycles. The smallest absolute Gasteiger partial charge is 0.259 e. The van der Waals surface area contributed by atoms with Gasteiger partial charge < -0.3 is 9.88 Å². The van der Waals surface area contributed by atoms with E-state index < -0.39 is 0 Å². The highest BCUT2D eigenvalue weighted by Gasteiger charge is 2.42. The van der Waals surface area contributed by atoms with Crippen molar-refractivity contribution in [3.05, 3.63) is 62.0 Å². The Morgan fingerprint density at radius 1 is 1.28 bits per heavy atom. The maximum Gasteiger partial charge on any atom is 0.259 e.